The highest BCUT2D eigenvalue weighted by molar-refractivity contribution is 6.30. The Bertz CT molecular complexity index is 437. The molecule has 0 aliphatic heterocycles. The Morgan fingerprint density at radius 1 is 1.41 bits per heavy atom. The van der Waals surface area contributed by atoms with E-state index in [1.165, 1.54) is 12.1 Å². The summed E-state index contributed by atoms with van der Waals surface area (Å²) < 4.78 is 13.3. The number of nitrogens with one attached hydrogen (secondary N) is 1. The molecule has 0 saturated carbocycles. The molecule has 2 N–H and O–H groups in total. The van der Waals surface area contributed by atoms with Gasteiger partial charge in [0.15, 0.2) is 0 Å². The molecule has 0 bridgehead atoms. The van der Waals surface area contributed by atoms with Gasteiger partial charge in [0, 0.05) is 11.6 Å². The van der Waals surface area contributed by atoms with Crippen molar-refractivity contribution in [2.45, 2.75) is 12.8 Å². The van der Waals surface area contributed by atoms with Crippen molar-refractivity contribution in [1.82, 2.24) is 5.32 Å². The molecule has 4 nitrogen and oxygen atoms in total. The molecule has 0 atom stereocenters. The van der Waals surface area contributed by atoms with Crippen molar-refractivity contribution in [2.75, 3.05) is 6.54 Å². The van der Waals surface area contributed by atoms with E-state index < -0.39 is 17.7 Å². The van der Waals surface area contributed by atoms with Gasteiger partial charge in [0.05, 0.1) is 12.8 Å². The van der Waals surface area contributed by atoms with Crippen molar-refractivity contribution in [3.8, 4) is 0 Å². The lowest BCUT2D eigenvalue weighted by Crippen LogP contribution is -2.27. The summed E-state index contributed by atoms with van der Waals surface area (Å²) in [6, 6.07) is 4.04. The molecule has 1 aromatic rings. The van der Waals surface area contributed by atoms with E-state index in [4.69, 9.17) is 16.7 Å². The Hall–Kier alpha value is -1.62. The van der Waals surface area contributed by atoms with Gasteiger partial charge in [0.25, 0.3) is 0 Å². The van der Waals surface area contributed by atoms with Crippen LogP contribution in [0, 0.1) is 5.82 Å². The third-order valence-electron chi connectivity index (χ3n) is 2.03. The van der Waals surface area contributed by atoms with Crippen LogP contribution in [0.4, 0.5) is 4.39 Å². The molecule has 17 heavy (non-hydrogen) atoms. The number of rotatable bonds is 5. The lowest BCUT2D eigenvalue weighted by Gasteiger charge is -2.05. The third kappa shape index (κ3) is 4.82. The highest BCUT2D eigenvalue weighted by atomic mass is 35.5. The summed E-state index contributed by atoms with van der Waals surface area (Å²) in [5.74, 6) is -1.97. The first-order valence-corrected chi connectivity index (χ1v) is 5.29. The predicted octanol–water partition coefficient (Wildman–Crippen LogP) is 1.61. The number of benzene rings is 1. The zero-order valence-electron chi connectivity index (χ0n) is 8.87. The highest BCUT2D eigenvalue weighted by Crippen LogP contribution is 2.14. The van der Waals surface area contributed by atoms with Gasteiger partial charge in [-0.05, 0) is 17.7 Å². The zero-order valence-corrected chi connectivity index (χ0v) is 9.63. The standard InChI is InChI=1S/C11H11ClFNO3/c12-8-2-1-7(9(13)6-8)5-10(15)14-4-3-11(16)17/h1-2,6H,3-5H2,(H,14,15)(H,16,17). The summed E-state index contributed by atoms with van der Waals surface area (Å²) in [7, 11) is 0. The van der Waals surface area contributed by atoms with Crippen LogP contribution in [0.15, 0.2) is 18.2 Å². The lowest BCUT2D eigenvalue weighted by atomic mass is 10.1. The molecule has 0 radical (unpaired) electrons. The Morgan fingerprint density at radius 3 is 2.71 bits per heavy atom. The van der Waals surface area contributed by atoms with Crippen molar-refractivity contribution < 1.29 is 19.1 Å². The summed E-state index contributed by atoms with van der Waals surface area (Å²) in [6.07, 6.45) is -0.294. The van der Waals surface area contributed by atoms with E-state index in [2.05, 4.69) is 5.32 Å². The van der Waals surface area contributed by atoms with Gasteiger partial charge in [-0.25, -0.2) is 4.39 Å². The summed E-state index contributed by atoms with van der Waals surface area (Å²) in [6.45, 7) is 0.0311. The van der Waals surface area contributed by atoms with Crippen LogP contribution in [0.5, 0.6) is 0 Å². The molecule has 0 fully saturated rings. The summed E-state index contributed by atoms with van der Waals surface area (Å²) in [5, 5.41) is 11.0. The minimum absolute atomic E-state index is 0.0311. The maximum atomic E-state index is 13.3. The molecule has 92 valence electrons. The molecule has 1 aromatic carbocycles. The number of aliphatic carboxylic acids is 1. The van der Waals surface area contributed by atoms with Gasteiger partial charge < -0.3 is 10.4 Å². The van der Waals surface area contributed by atoms with Gasteiger partial charge in [-0.2, -0.15) is 0 Å². The first kappa shape index (κ1) is 13.4. The fourth-order valence-corrected chi connectivity index (χ4v) is 1.37. The van der Waals surface area contributed by atoms with Crippen molar-refractivity contribution in [3.63, 3.8) is 0 Å². The number of carbonyl (C=O) groups is 2. The van der Waals surface area contributed by atoms with E-state index in [1.54, 1.807) is 0 Å². The summed E-state index contributed by atoms with van der Waals surface area (Å²) >= 11 is 5.57. The molecule has 6 heteroatoms. The largest absolute Gasteiger partial charge is 0.481 e. The fourth-order valence-electron chi connectivity index (χ4n) is 1.21. The predicted molar refractivity (Wildman–Crippen MR) is 60.4 cm³/mol. The number of hydrogen-bond donors (Lipinski definition) is 2. The fraction of sp³-hybridized carbons (Fsp3) is 0.273. The molecule has 1 rings (SSSR count). The van der Waals surface area contributed by atoms with Gasteiger partial charge in [0.1, 0.15) is 5.82 Å². The van der Waals surface area contributed by atoms with Gasteiger partial charge in [-0.3, -0.25) is 9.59 Å². The van der Waals surface area contributed by atoms with Crippen molar-refractivity contribution in [2.24, 2.45) is 0 Å². The van der Waals surface area contributed by atoms with Gasteiger partial charge in [-0.1, -0.05) is 17.7 Å². The molecule has 0 saturated heterocycles. The molecule has 0 spiro atoms. The lowest BCUT2D eigenvalue weighted by molar-refractivity contribution is -0.136. The number of carboxylic acid groups (broad SMARTS) is 1. The van der Waals surface area contributed by atoms with E-state index in [-0.39, 0.29) is 30.0 Å². The number of carbonyl (C=O) groups excluding carboxylic acids is 1. The van der Waals surface area contributed by atoms with E-state index >= 15 is 0 Å². The molecule has 0 heterocycles. The SMILES string of the molecule is O=C(O)CCNC(=O)Cc1ccc(Cl)cc1F. The summed E-state index contributed by atoms with van der Waals surface area (Å²) in [5.41, 5.74) is 0.224. The quantitative estimate of drug-likeness (QED) is 0.844. The van der Waals surface area contributed by atoms with Crippen LogP contribution in [0.25, 0.3) is 0 Å². The maximum absolute atomic E-state index is 13.3. The second kappa shape index (κ2) is 6.20. The topological polar surface area (TPSA) is 66.4 Å². The summed E-state index contributed by atoms with van der Waals surface area (Å²) in [4.78, 5) is 21.5. The van der Waals surface area contributed by atoms with Gasteiger partial charge in [0.2, 0.25) is 5.91 Å². The van der Waals surface area contributed by atoms with E-state index in [1.807, 2.05) is 0 Å². The Balaban J connectivity index is 2.48. The number of halogens is 2. The van der Waals surface area contributed by atoms with Crippen LogP contribution in [-0.4, -0.2) is 23.5 Å². The first-order valence-electron chi connectivity index (χ1n) is 4.91. The Morgan fingerprint density at radius 2 is 2.12 bits per heavy atom. The van der Waals surface area contributed by atoms with Crippen LogP contribution in [0.3, 0.4) is 0 Å². The Kier molecular flexibility index (Phi) is 4.90. The van der Waals surface area contributed by atoms with Crippen molar-refractivity contribution in [3.05, 3.63) is 34.6 Å². The van der Waals surface area contributed by atoms with Crippen LogP contribution >= 0.6 is 11.6 Å². The van der Waals surface area contributed by atoms with Gasteiger partial charge in [-0.15, -0.1) is 0 Å². The number of carboxylic acids is 1. The second-order valence-corrected chi connectivity index (χ2v) is 3.84. The average molecular weight is 260 g/mol. The van der Waals surface area contributed by atoms with Crippen molar-refractivity contribution in [1.29, 1.82) is 0 Å². The molecule has 0 aliphatic carbocycles. The number of amides is 1. The molecular weight excluding hydrogens is 249 g/mol. The normalized spacial score (nSPS) is 10.0. The molecule has 0 aromatic heterocycles. The van der Waals surface area contributed by atoms with Crippen LogP contribution in [0.2, 0.25) is 5.02 Å². The smallest absolute Gasteiger partial charge is 0.305 e. The molecular formula is C11H11ClFNO3. The maximum Gasteiger partial charge on any atom is 0.305 e. The van der Waals surface area contributed by atoms with E-state index in [9.17, 15) is 14.0 Å². The first-order chi connectivity index (χ1) is 7.99. The van der Waals surface area contributed by atoms with Crippen LogP contribution < -0.4 is 5.32 Å². The van der Waals surface area contributed by atoms with E-state index in [0.29, 0.717) is 0 Å². The van der Waals surface area contributed by atoms with Crippen LogP contribution in [0.1, 0.15) is 12.0 Å². The molecule has 0 aliphatic rings. The Labute approximate surface area is 102 Å². The minimum Gasteiger partial charge on any atom is -0.481 e. The number of hydrogen-bond acceptors (Lipinski definition) is 2. The van der Waals surface area contributed by atoms with Crippen molar-refractivity contribution >= 4 is 23.5 Å². The molecule has 1 amide bonds. The van der Waals surface area contributed by atoms with Gasteiger partial charge >= 0.3 is 5.97 Å². The molecule has 0 unspecified atom stereocenters. The second-order valence-electron chi connectivity index (χ2n) is 3.41. The van der Waals surface area contributed by atoms with E-state index in [0.717, 1.165) is 6.07 Å². The monoisotopic (exact) mass is 259 g/mol. The third-order valence-corrected chi connectivity index (χ3v) is 2.26. The van der Waals surface area contributed by atoms with Crippen LogP contribution in [-0.2, 0) is 16.0 Å². The average Bonchev–Trinajstić information content (AvgIpc) is 2.21. The zero-order chi connectivity index (χ0) is 12.8. The minimum atomic E-state index is -0.997. The highest BCUT2D eigenvalue weighted by Gasteiger charge is 2.08.